The van der Waals surface area contributed by atoms with Crippen molar-refractivity contribution in [2.45, 2.75) is 26.2 Å². The molecular formula is C22H32IPS. The fourth-order valence-electron chi connectivity index (χ4n) is 2.95. The first-order chi connectivity index (χ1) is 11.7. The summed E-state index contributed by atoms with van der Waals surface area (Å²) in [5, 5.41) is 0. The monoisotopic (exact) mass is 486 g/mol. The van der Waals surface area contributed by atoms with Crippen LogP contribution in [0.5, 0.6) is 0 Å². The zero-order valence-corrected chi connectivity index (χ0v) is 19.5. The van der Waals surface area contributed by atoms with Crippen molar-refractivity contribution in [3.63, 3.8) is 0 Å². The molecule has 0 unspecified atom stereocenters. The Hall–Kier alpha value is -0.0500. The van der Waals surface area contributed by atoms with E-state index >= 15 is 0 Å². The highest BCUT2D eigenvalue weighted by atomic mass is 127. The van der Waals surface area contributed by atoms with Crippen LogP contribution in [0, 0.1) is 0 Å². The third kappa shape index (κ3) is 9.45. The first-order valence-corrected chi connectivity index (χ1v) is 13.2. The van der Waals surface area contributed by atoms with Crippen LogP contribution in [-0.2, 0) is 12.8 Å². The highest BCUT2D eigenvalue weighted by molar-refractivity contribution is 7.99. The lowest BCUT2D eigenvalue weighted by atomic mass is 10.2. The molecule has 0 heterocycles. The van der Waals surface area contributed by atoms with Crippen LogP contribution in [0.25, 0.3) is 0 Å². The van der Waals surface area contributed by atoms with Gasteiger partial charge in [-0.05, 0) is 23.3 Å². The van der Waals surface area contributed by atoms with Gasteiger partial charge in [0.25, 0.3) is 0 Å². The zero-order chi connectivity index (χ0) is 17.1. The lowest BCUT2D eigenvalue weighted by molar-refractivity contribution is -0.00000505. The zero-order valence-electron chi connectivity index (χ0n) is 15.7. The van der Waals surface area contributed by atoms with Gasteiger partial charge in [-0.1, -0.05) is 67.6 Å². The molecule has 2 rings (SSSR count). The van der Waals surface area contributed by atoms with Crippen molar-refractivity contribution in [3.8, 4) is 0 Å². The summed E-state index contributed by atoms with van der Waals surface area (Å²) in [5.74, 6) is 2.67. The first-order valence-electron chi connectivity index (χ1n) is 9.21. The second kappa shape index (κ2) is 13.2. The fraction of sp³-hybridized carbons (Fsp3) is 0.455. The van der Waals surface area contributed by atoms with Gasteiger partial charge < -0.3 is 24.0 Å². The van der Waals surface area contributed by atoms with Crippen LogP contribution < -0.4 is 24.0 Å². The van der Waals surface area contributed by atoms with Crippen molar-refractivity contribution in [1.29, 1.82) is 0 Å². The average molecular weight is 486 g/mol. The number of thioether (sulfide) groups is 1. The second-order valence-corrected chi connectivity index (χ2v) is 12.7. The Balaban J connectivity index is 0.00000312. The molecule has 0 spiro atoms. The summed E-state index contributed by atoms with van der Waals surface area (Å²) in [6.45, 7) is 4.90. The summed E-state index contributed by atoms with van der Waals surface area (Å²) < 4.78 is 0. The predicted molar refractivity (Wildman–Crippen MR) is 115 cm³/mol. The molecule has 0 aliphatic heterocycles. The molecular weight excluding hydrogens is 454 g/mol. The number of halogens is 1. The van der Waals surface area contributed by atoms with Gasteiger partial charge in [0.15, 0.2) is 0 Å². The van der Waals surface area contributed by atoms with Crippen LogP contribution >= 0.6 is 19.0 Å². The molecule has 0 nitrogen and oxygen atoms in total. The van der Waals surface area contributed by atoms with Crippen molar-refractivity contribution < 1.29 is 24.0 Å². The Morgan fingerprint density at radius 3 is 1.64 bits per heavy atom. The summed E-state index contributed by atoms with van der Waals surface area (Å²) in [5.41, 5.74) is 3.01. The Morgan fingerprint density at radius 1 is 0.720 bits per heavy atom. The van der Waals surface area contributed by atoms with Crippen LogP contribution in [0.3, 0.4) is 0 Å². The quantitative estimate of drug-likeness (QED) is 0.267. The topological polar surface area (TPSA) is 0 Å². The van der Waals surface area contributed by atoms with Crippen LogP contribution in [0.4, 0.5) is 0 Å². The van der Waals surface area contributed by atoms with Gasteiger partial charge in [0.1, 0.15) is 0 Å². The lowest BCUT2D eigenvalue weighted by Crippen LogP contribution is -3.00. The molecule has 0 radical (unpaired) electrons. The third-order valence-corrected chi connectivity index (χ3v) is 10.1. The maximum absolute atomic E-state index is 2.62. The molecule has 0 saturated heterocycles. The minimum Gasteiger partial charge on any atom is -1.00 e. The van der Waals surface area contributed by atoms with E-state index in [0.717, 1.165) is 0 Å². The Morgan fingerprint density at radius 2 is 1.20 bits per heavy atom. The van der Waals surface area contributed by atoms with Gasteiger partial charge in [-0.2, -0.15) is 11.8 Å². The largest absolute Gasteiger partial charge is 1.00 e. The summed E-state index contributed by atoms with van der Waals surface area (Å²) in [4.78, 5) is 0. The van der Waals surface area contributed by atoms with Crippen molar-refractivity contribution in [2.24, 2.45) is 0 Å². The van der Waals surface area contributed by atoms with E-state index in [2.05, 4.69) is 86.0 Å². The van der Waals surface area contributed by atoms with E-state index in [4.69, 9.17) is 0 Å². The predicted octanol–water partition coefficient (Wildman–Crippen LogP) is 3.27. The SMILES string of the molecule is CCCSCC[P+](C)(CCc1ccccc1)CCc1ccccc1.[I-]. The molecule has 0 aliphatic rings. The first kappa shape index (κ1) is 23.0. The fourth-order valence-corrected chi connectivity index (χ4v) is 7.99. The van der Waals surface area contributed by atoms with Crippen molar-refractivity contribution in [1.82, 2.24) is 0 Å². The van der Waals surface area contributed by atoms with Crippen molar-refractivity contribution in [3.05, 3.63) is 71.8 Å². The molecule has 2 aromatic carbocycles. The average Bonchev–Trinajstić information content (AvgIpc) is 2.64. The van der Waals surface area contributed by atoms with Crippen LogP contribution in [0.15, 0.2) is 60.7 Å². The van der Waals surface area contributed by atoms with E-state index in [1.54, 1.807) is 0 Å². The molecule has 0 aromatic heterocycles. The van der Waals surface area contributed by atoms with Gasteiger partial charge in [-0.25, -0.2) is 0 Å². The molecule has 0 atom stereocenters. The summed E-state index contributed by atoms with van der Waals surface area (Å²) >= 11 is 2.15. The number of aryl methyl sites for hydroxylation is 2. The Labute approximate surface area is 176 Å². The van der Waals surface area contributed by atoms with Gasteiger partial charge in [0.05, 0.1) is 18.5 Å². The van der Waals surface area contributed by atoms with Gasteiger partial charge >= 0.3 is 0 Å². The molecule has 25 heavy (non-hydrogen) atoms. The van der Waals surface area contributed by atoms with Crippen molar-refractivity contribution >= 4 is 19.0 Å². The van der Waals surface area contributed by atoms with E-state index < -0.39 is 7.26 Å². The summed E-state index contributed by atoms with van der Waals surface area (Å²) in [6.07, 6.45) is 8.04. The smallest absolute Gasteiger partial charge is 0.0682 e. The molecule has 0 amide bonds. The van der Waals surface area contributed by atoms with Crippen LogP contribution in [0.1, 0.15) is 24.5 Å². The lowest BCUT2D eigenvalue weighted by Gasteiger charge is -2.23. The van der Waals surface area contributed by atoms with Crippen LogP contribution in [0.2, 0.25) is 0 Å². The molecule has 0 saturated carbocycles. The van der Waals surface area contributed by atoms with Gasteiger partial charge in [0, 0.05) is 32.5 Å². The molecule has 2 aromatic rings. The Kier molecular flexibility index (Phi) is 12.1. The van der Waals surface area contributed by atoms with Crippen molar-refractivity contribution in [2.75, 3.05) is 36.7 Å². The minimum absolute atomic E-state index is 0. The molecule has 0 aliphatic carbocycles. The van der Waals surface area contributed by atoms with Crippen LogP contribution in [-0.4, -0.2) is 36.7 Å². The van der Waals surface area contributed by atoms with E-state index in [1.165, 1.54) is 60.4 Å². The van der Waals surface area contributed by atoms with E-state index in [0.29, 0.717) is 0 Å². The molecule has 3 heteroatoms. The molecule has 0 fully saturated rings. The molecule has 0 N–H and O–H groups in total. The number of benzene rings is 2. The standard InChI is InChI=1S/C22H32PS.HI/c1-3-19-24-20-18-23(2,16-14-21-10-6-4-7-11-21)17-15-22-12-8-5-9-13-22;/h4-13H,3,14-20H2,1-2H3;1H/q+1;/p-1. The molecule has 138 valence electrons. The summed E-state index contributed by atoms with van der Waals surface area (Å²) in [7, 11) is -0.861. The van der Waals surface area contributed by atoms with E-state index in [9.17, 15) is 0 Å². The number of hydrogen-bond acceptors (Lipinski definition) is 1. The molecule has 0 bridgehead atoms. The Bertz CT molecular complexity index is 515. The maximum Gasteiger partial charge on any atom is 0.0682 e. The second-order valence-electron chi connectivity index (χ2n) is 6.87. The van der Waals surface area contributed by atoms with Gasteiger partial charge in [0.2, 0.25) is 0 Å². The highest BCUT2D eigenvalue weighted by Gasteiger charge is 2.30. The minimum atomic E-state index is -0.861. The number of rotatable bonds is 11. The summed E-state index contributed by atoms with van der Waals surface area (Å²) in [6, 6.07) is 22.1. The van der Waals surface area contributed by atoms with E-state index in [1.807, 2.05) is 0 Å². The number of hydrogen-bond donors (Lipinski definition) is 0. The van der Waals surface area contributed by atoms with Gasteiger partial charge in [-0.3, -0.25) is 0 Å². The maximum atomic E-state index is 2.62. The third-order valence-electron chi connectivity index (χ3n) is 4.69. The normalized spacial score (nSPS) is 11.1. The van der Waals surface area contributed by atoms with Gasteiger partial charge in [-0.15, -0.1) is 0 Å². The highest BCUT2D eigenvalue weighted by Crippen LogP contribution is 2.56. The van der Waals surface area contributed by atoms with E-state index in [-0.39, 0.29) is 24.0 Å².